The molecule has 0 aromatic heterocycles. The van der Waals surface area contributed by atoms with Gasteiger partial charge in [-0.3, -0.25) is 4.79 Å². The second kappa shape index (κ2) is 8.62. The SMILES string of the molecule is C[C@@H]1[C@H](C)CCC[C@H]1NC(=O)COC(=O)/C=C/c1cccc(F)c1. The number of benzene rings is 1. The van der Waals surface area contributed by atoms with E-state index in [4.69, 9.17) is 4.74 Å². The zero-order chi connectivity index (χ0) is 17.5. The molecule has 1 N–H and O–H groups in total. The normalized spacial score (nSPS) is 23.9. The Morgan fingerprint density at radius 2 is 2.12 bits per heavy atom. The summed E-state index contributed by atoms with van der Waals surface area (Å²) in [7, 11) is 0. The molecule has 1 saturated carbocycles. The number of hydrogen-bond donors (Lipinski definition) is 1. The van der Waals surface area contributed by atoms with Crippen LogP contribution in [-0.2, 0) is 14.3 Å². The van der Waals surface area contributed by atoms with Gasteiger partial charge in [0.05, 0.1) is 0 Å². The Labute approximate surface area is 142 Å². The highest BCUT2D eigenvalue weighted by Crippen LogP contribution is 2.29. The summed E-state index contributed by atoms with van der Waals surface area (Å²) < 4.78 is 18.0. The maximum atomic E-state index is 13.0. The average molecular weight is 333 g/mol. The van der Waals surface area contributed by atoms with Gasteiger partial charge < -0.3 is 10.1 Å². The van der Waals surface area contributed by atoms with E-state index >= 15 is 0 Å². The van der Waals surface area contributed by atoms with Crippen molar-refractivity contribution in [3.63, 3.8) is 0 Å². The van der Waals surface area contributed by atoms with Gasteiger partial charge in [-0.05, 0) is 42.0 Å². The second-order valence-corrected chi connectivity index (χ2v) is 6.44. The first-order valence-electron chi connectivity index (χ1n) is 8.35. The van der Waals surface area contributed by atoms with Crippen molar-refractivity contribution in [2.24, 2.45) is 11.8 Å². The van der Waals surface area contributed by atoms with Crippen molar-refractivity contribution in [2.75, 3.05) is 6.61 Å². The van der Waals surface area contributed by atoms with E-state index in [9.17, 15) is 14.0 Å². The third-order valence-electron chi connectivity index (χ3n) is 4.66. The maximum Gasteiger partial charge on any atom is 0.331 e. The van der Waals surface area contributed by atoms with Gasteiger partial charge in [-0.1, -0.05) is 38.8 Å². The summed E-state index contributed by atoms with van der Waals surface area (Å²) in [4.78, 5) is 23.6. The third-order valence-corrected chi connectivity index (χ3v) is 4.66. The Kier molecular flexibility index (Phi) is 6.53. The molecule has 24 heavy (non-hydrogen) atoms. The molecule has 3 atom stereocenters. The van der Waals surface area contributed by atoms with Gasteiger partial charge in [0.2, 0.25) is 0 Å². The second-order valence-electron chi connectivity index (χ2n) is 6.44. The molecule has 0 aliphatic heterocycles. The number of halogens is 1. The first-order valence-corrected chi connectivity index (χ1v) is 8.35. The number of esters is 1. The van der Waals surface area contributed by atoms with Crippen LogP contribution in [0.15, 0.2) is 30.3 Å². The Bertz CT molecular complexity index is 614. The van der Waals surface area contributed by atoms with E-state index in [1.807, 2.05) is 0 Å². The van der Waals surface area contributed by atoms with Crippen LogP contribution in [0, 0.1) is 17.7 Å². The molecule has 2 rings (SSSR count). The van der Waals surface area contributed by atoms with Crippen molar-refractivity contribution in [3.8, 4) is 0 Å². The summed E-state index contributed by atoms with van der Waals surface area (Å²) in [5.74, 6) is -0.277. The molecule has 0 bridgehead atoms. The minimum atomic E-state index is -0.625. The molecule has 5 heteroatoms. The average Bonchev–Trinajstić information content (AvgIpc) is 2.55. The van der Waals surface area contributed by atoms with Crippen molar-refractivity contribution in [3.05, 3.63) is 41.7 Å². The van der Waals surface area contributed by atoms with Crippen molar-refractivity contribution < 1.29 is 18.7 Å². The molecule has 1 fully saturated rings. The molecule has 0 saturated heterocycles. The van der Waals surface area contributed by atoms with Crippen molar-refractivity contribution in [1.82, 2.24) is 5.32 Å². The fraction of sp³-hybridized carbons (Fsp3) is 0.474. The van der Waals surface area contributed by atoms with E-state index in [0.717, 1.165) is 12.8 Å². The van der Waals surface area contributed by atoms with Gasteiger partial charge in [0.25, 0.3) is 5.91 Å². The van der Waals surface area contributed by atoms with Crippen LogP contribution in [0.25, 0.3) is 6.08 Å². The lowest BCUT2D eigenvalue weighted by molar-refractivity contribution is -0.144. The van der Waals surface area contributed by atoms with E-state index in [1.54, 1.807) is 12.1 Å². The molecule has 1 aromatic rings. The number of nitrogens with one attached hydrogen (secondary N) is 1. The highest BCUT2D eigenvalue weighted by atomic mass is 19.1. The minimum absolute atomic E-state index is 0.141. The molecule has 0 unspecified atom stereocenters. The number of amides is 1. The predicted molar refractivity (Wildman–Crippen MR) is 90.5 cm³/mol. The van der Waals surface area contributed by atoms with Gasteiger partial charge in [-0.15, -0.1) is 0 Å². The highest BCUT2D eigenvalue weighted by Gasteiger charge is 2.28. The molecular formula is C19H24FNO3. The smallest absolute Gasteiger partial charge is 0.331 e. The largest absolute Gasteiger partial charge is 0.452 e. The number of carbonyl (C=O) groups excluding carboxylic acids is 2. The molecule has 0 heterocycles. The van der Waals surface area contributed by atoms with Crippen LogP contribution < -0.4 is 5.32 Å². The lowest BCUT2D eigenvalue weighted by Crippen LogP contribution is -2.45. The lowest BCUT2D eigenvalue weighted by atomic mass is 9.78. The highest BCUT2D eigenvalue weighted by molar-refractivity contribution is 5.89. The predicted octanol–water partition coefficient (Wildman–Crippen LogP) is 3.32. The van der Waals surface area contributed by atoms with Crippen LogP contribution in [0.4, 0.5) is 4.39 Å². The molecule has 130 valence electrons. The van der Waals surface area contributed by atoms with Gasteiger partial charge in [-0.2, -0.15) is 0 Å². The van der Waals surface area contributed by atoms with Crippen LogP contribution in [0.1, 0.15) is 38.7 Å². The van der Waals surface area contributed by atoms with Crippen molar-refractivity contribution in [1.29, 1.82) is 0 Å². The van der Waals surface area contributed by atoms with Gasteiger partial charge in [0.1, 0.15) is 5.82 Å². The van der Waals surface area contributed by atoms with Crippen LogP contribution in [0.3, 0.4) is 0 Å². The molecule has 0 spiro atoms. The van der Waals surface area contributed by atoms with E-state index in [1.165, 1.54) is 30.7 Å². The Morgan fingerprint density at radius 1 is 1.33 bits per heavy atom. The first-order chi connectivity index (χ1) is 11.5. The molecular weight excluding hydrogens is 309 g/mol. The molecule has 1 aliphatic rings. The van der Waals surface area contributed by atoms with E-state index in [2.05, 4.69) is 19.2 Å². The summed E-state index contributed by atoms with van der Waals surface area (Å²) in [6, 6.07) is 6.00. The van der Waals surface area contributed by atoms with Gasteiger partial charge in [-0.25, -0.2) is 9.18 Å². The minimum Gasteiger partial charge on any atom is -0.452 e. The monoisotopic (exact) mass is 333 g/mol. The molecule has 4 nitrogen and oxygen atoms in total. The van der Waals surface area contributed by atoms with Crippen molar-refractivity contribution in [2.45, 2.75) is 39.2 Å². The summed E-state index contributed by atoms with van der Waals surface area (Å²) in [6.07, 6.45) is 5.90. The van der Waals surface area contributed by atoms with Crippen molar-refractivity contribution >= 4 is 18.0 Å². The summed E-state index contributed by atoms with van der Waals surface area (Å²) in [5, 5.41) is 2.95. The molecule has 0 radical (unpaired) electrons. The topological polar surface area (TPSA) is 55.4 Å². The van der Waals surface area contributed by atoms with Gasteiger partial charge in [0, 0.05) is 12.1 Å². The summed E-state index contributed by atoms with van der Waals surface area (Å²) in [5.41, 5.74) is 0.557. The Hall–Kier alpha value is -2.17. The number of rotatable bonds is 5. The molecule has 1 aromatic carbocycles. The number of hydrogen-bond acceptors (Lipinski definition) is 3. The first kappa shape index (κ1) is 18.2. The number of ether oxygens (including phenoxy) is 1. The summed E-state index contributed by atoms with van der Waals surface area (Å²) in [6.45, 7) is 4.03. The summed E-state index contributed by atoms with van der Waals surface area (Å²) >= 11 is 0. The maximum absolute atomic E-state index is 13.0. The van der Waals surface area contributed by atoms with Gasteiger partial charge >= 0.3 is 5.97 Å². The number of carbonyl (C=O) groups is 2. The zero-order valence-electron chi connectivity index (χ0n) is 14.1. The third kappa shape index (κ3) is 5.48. The van der Waals surface area contributed by atoms with Crippen LogP contribution in [0.2, 0.25) is 0 Å². The lowest BCUT2D eigenvalue weighted by Gasteiger charge is -2.34. The fourth-order valence-electron chi connectivity index (χ4n) is 2.99. The zero-order valence-corrected chi connectivity index (χ0v) is 14.1. The Balaban J connectivity index is 1.76. The van der Waals surface area contributed by atoms with E-state index in [-0.39, 0.29) is 24.4 Å². The van der Waals surface area contributed by atoms with Crippen LogP contribution >= 0.6 is 0 Å². The quantitative estimate of drug-likeness (QED) is 0.664. The van der Waals surface area contributed by atoms with E-state index < -0.39 is 5.97 Å². The molecule has 1 aliphatic carbocycles. The van der Waals surface area contributed by atoms with E-state index in [0.29, 0.717) is 17.4 Å². The van der Waals surface area contributed by atoms with Crippen LogP contribution in [0.5, 0.6) is 0 Å². The fourth-order valence-corrected chi connectivity index (χ4v) is 2.99. The van der Waals surface area contributed by atoms with Crippen LogP contribution in [-0.4, -0.2) is 24.5 Å². The van der Waals surface area contributed by atoms with Gasteiger partial charge in [0.15, 0.2) is 6.61 Å². The Morgan fingerprint density at radius 3 is 2.88 bits per heavy atom. The standard InChI is InChI=1S/C19H24FNO3/c1-13-5-3-8-17(14(13)2)21-18(22)12-24-19(23)10-9-15-6-4-7-16(20)11-15/h4,6-7,9-11,13-14,17H,3,5,8,12H2,1-2H3,(H,21,22)/b10-9+/t13-,14-,17-/m1/s1. The molecule has 1 amide bonds.